The minimum Gasteiger partial charge on any atom is -0.394 e. The second-order valence-corrected chi connectivity index (χ2v) is 8.36. The number of nitrogen functional groups attached to an aromatic ring is 1. The Kier molecular flexibility index (Phi) is 5.80. The quantitative estimate of drug-likeness (QED) is 0.596. The van der Waals surface area contributed by atoms with E-state index >= 15 is 0 Å². The lowest BCUT2D eigenvalue weighted by Crippen LogP contribution is -2.47. The Morgan fingerprint density at radius 1 is 0.857 bits per heavy atom. The molecule has 28 heavy (non-hydrogen) atoms. The van der Waals surface area contributed by atoms with Gasteiger partial charge in [-0.05, 0) is 42.5 Å². The van der Waals surface area contributed by atoms with Crippen molar-refractivity contribution in [1.29, 1.82) is 0 Å². The lowest BCUT2D eigenvalue weighted by molar-refractivity contribution is 0.646. The van der Waals surface area contributed by atoms with Gasteiger partial charge in [0.05, 0.1) is 0 Å². The summed E-state index contributed by atoms with van der Waals surface area (Å²) in [5.41, 5.74) is 8.16. The van der Waals surface area contributed by atoms with Crippen molar-refractivity contribution in [3.8, 4) is 0 Å². The minimum atomic E-state index is 0.610. The Bertz CT molecular complexity index is 959. The zero-order chi connectivity index (χ0) is 19.5. The number of nitrogens with two attached hydrogens (primary N) is 1. The maximum atomic E-state index is 6.41. The van der Waals surface area contributed by atoms with Gasteiger partial charge in [0.15, 0.2) is 5.82 Å². The molecule has 144 valence electrons. The van der Waals surface area contributed by atoms with Crippen molar-refractivity contribution >= 4 is 52.2 Å². The summed E-state index contributed by atoms with van der Waals surface area (Å²) in [5, 5.41) is 2.21. The minimum absolute atomic E-state index is 0.610. The van der Waals surface area contributed by atoms with E-state index < -0.39 is 0 Å². The SMILES string of the molecule is Nc1c(Sc2ccc(Cl)cc2)ncnc1N1CCN(c2cccc(Cl)c2)CC1. The fourth-order valence-corrected chi connectivity index (χ4v) is 4.27. The fourth-order valence-electron chi connectivity index (χ4n) is 3.17. The molecular formula is C20H19Cl2N5S. The summed E-state index contributed by atoms with van der Waals surface area (Å²) in [4.78, 5) is 14.4. The summed E-state index contributed by atoms with van der Waals surface area (Å²) >= 11 is 13.6. The van der Waals surface area contributed by atoms with Crippen LogP contribution >= 0.6 is 35.0 Å². The van der Waals surface area contributed by atoms with E-state index in [9.17, 15) is 0 Å². The van der Waals surface area contributed by atoms with Crippen LogP contribution in [0.3, 0.4) is 0 Å². The highest BCUT2D eigenvalue weighted by molar-refractivity contribution is 7.99. The predicted molar refractivity (Wildman–Crippen MR) is 118 cm³/mol. The van der Waals surface area contributed by atoms with Crippen molar-refractivity contribution < 1.29 is 0 Å². The summed E-state index contributed by atoms with van der Waals surface area (Å²) in [6.45, 7) is 3.42. The van der Waals surface area contributed by atoms with Crippen molar-refractivity contribution in [1.82, 2.24) is 9.97 Å². The first kappa shape index (κ1) is 19.2. The summed E-state index contributed by atoms with van der Waals surface area (Å²) in [6.07, 6.45) is 1.58. The molecule has 0 saturated carbocycles. The topological polar surface area (TPSA) is 58.3 Å². The van der Waals surface area contributed by atoms with Gasteiger partial charge >= 0.3 is 0 Å². The average Bonchev–Trinajstić information content (AvgIpc) is 2.71. The zero-order valence-corrected chi connectivity index (χ0v) is 17.4. The number of aromatic nitrogens is 2. The first-order valence-electron chi connectivity index (χ1n) is 8.89. The van der Waals surface area contributed by atoms with E-state index in [1.54, 1.807) is 6.33 Å². The lowest BCUT2D eigenvalue weighted by Gasteiger charge is -2.37. The molecule has 0 bridgehead atoms. The highest BCUT2D eigenvalue weighted by Crippen LogP contribution is 2.35. The molecule has 1 saturated heterocycles. The maximum absolute atomic E-state index is 6.41. The summed E-state index contributed by atoms with van der Waals surface area (Å²) in [7, 11) is 0. The molecule has 0 atom stereocenters. The van der Waals surface area contributed by atoms with Crippen LogP contribution < -0.4 is 15.5 Å². The number of piperazine rings is 1. The van der Waals surface area contributed by atoms with E-state index in [1.807, 2.05) is 42.5 Å². The maximum Gasteiger partial charge on any atom is 0.156 e. The van der Waals surface area contributed by atoms with Gasteiger partial charge in [0.2, 0.25) is 0 Å². The molecular weight excluding hydrogens is 413 g/mol. The molecule has 1 aliphatic rings. The normalized spacial score (nSPS) is 14.4. The van der Waals surface area contributed by atoms with E-state index in [0.29, 0.717) is 10.7 Å². The largest absolute Gasteiger partial charge is 0.394 e. The molecule has 1 aromatic heterocycles. The van der Waals surface area contributed by atoms with Gasteiger partial charge < -0.3 is 15.5 Å². The molecule has 4 rings (SSSR count). The van der Waals surface area contributed by atoms with Gasteiger partial charge in [-0.2, -0.15) is 0 Å². The second kappa shape index (κ2) is 8.47. The lowest BCUT2D eigenvalue weighted by atomic mass is 10.2. The van der Waals surface area contributed by atoms with Crippen LogP contribution in [-0.2, 0) is 0 Å². The summed E-state index contributed by atoms with van der Waals surface area (Å²) < 4.78 is 0. The van der Waals surface area contributed by atoms with Gasteiger partial charge in [-0.15, -0.1) is 0 Å². The molecule has 8 heteroatoms. The number of nitrogens with zero attached hydrogens (tertiary/aromatic N) is 4. The third-order valence-electron chi connectivity index (χ3n) is 4.61. The Morgan fingerprint density at radius 2 is 1.57 bits per heavy atom. The van der Waals surface area contributed by atoms with E-state index in [-0.39, 0.29) is 0 Å². The number of hydrogen-bond donors (Lipinski definition) is 1. The molecule has 0 radical (unpaired) electrons. The Labute approximate surface area is 178 Å². The number of benzene rings is 2. The molecule has 2 aromatic carbocycles. The third kappa shape index (κ3) is 4.29. The molecule has 1 fully saturated rings. The van der Waals surface area contributed by atoms with Crippen LogP contribution in [0.25, 0.3) is 0 Å². The Morgan fingerprint density at radius 3 is 2.29 bits per heavy atom. The van der Waals surface area contributed by atoms with E-state index in [0.717, 1.165) is 52.6 Å². The number of hydrogen-bond acceptors (Lipinski definition) is 6. The van der Waals surface area contributed by atoms with Crippen LogP contribution in [0.5, 0.6) is 0 Å². The number of rotatable bonds is 4. The van der Waals surface area contributed by atoms with Crippen molar-refractivity contribution in [3.63, 3.8) is 0 Å². The highest BCUT2D eigenvalue weighted by Gasteiger charge is 2.22. The van der Waals surface area contributed by atoms with Crippen LogP contribution in [0.2, 0.25) is 10.0 Å². The van der Waals surface area contributed by atoms with Crippen molar-refractivity contribution in [2.24, 2.45) is 0 Å². The van der Waals surface area contributed by atoms with Crippen molar-refractivity contribution in [2.75, 3.05) is 41.7 Å². The van der Waals surface area contributed by atoms with Gasteiger partial charge in [-0.1, -0.05) is 41.0 Å². The van der Waals surface area contributed by atoms with Crippen LogP contribution in [0.1, 0.15) is 0 Å². The zero-order valence-electron chi connectivity index (χ0n) is 15.1. The van der Waals surface area contributed by atoms with E-state index in [4.69, 9.17) is 28.9 Å². The highest BCUT2D eigenvalue weighted by atomic mass is 35.5. The standard InChI is InChI=1S/C20H19Cl2N5S/c21-14-4-6-17(7-5-14)28-20-18(23)19(24-13-25-20)27-10-8-26(9-11-27)16-3-1-2-15(22)12-16/h1-7,12-13H,8-11,23H2. The number of anilines is 3. The molecule has 0 unspecified atom stereocenters. The molecule has 0 spiro atoms. The van der Waals surface area contributed by atoms with E-state index in [2.05, 4.69) is 25.8 Å². The van der Waals surface area contributed by atoms with Gasteiger partial charge in [0.1, 0.15) is 17.0 Å². The summed E-state index contributed by atoms with van der Waals surface area (Å²) in [5.74, 6) is 0.789. The van der Waals surface area contributed by atoms with Gasteiger partial charge in [-0.3, -0.25) is 0 Å². The van der Waals surface area contributed by atoms with Crippen molar-refractivity contribution in [3.05, 3.63) is 64.9 Å². The Hall–Kier alpha value is -2.15. The third-order valence-corrected chi connectivity index (χ3v) is 6.12. The monoisotopic (exact) mass is 431 g/mol. The molecule has 2 heterocycles. The van der Waals surface area contributed by atoms with Crippen LogP contribution in [-0.4, -0.2) is 36.1 Å². The first-order chi connectivity index (χ1) is 13.6. The molecule has 1 aliphatic heterocycles. The smallest absolute Gasteiger partial charge is 0.156 e. The molecule has 0 aliphatic carbocycles. The van der Waals surface area contributed by atoms with Crippen LogP contribution in [0.15, 0.2) is 64.8 Å². The second-order valence-electron chi connectivity index (χ2n) is 6.43. The van der Waals surface area contributed by atoms with Gasteiger partial charge in [-0.25, -0.2) is 9.97 Å². The predicted octanol–water partition coefficient (Wildman–Crippen LogP) is 4.84. The average molecular weight is 432 g/mol. The molecule has 0 amide bonds. The summed E-state index contributed by atoms with van der Waals surface area (Å²) in [6, 6.07) is 15.6. The van der Waals surface area contributed by atoms with Crippen LogP contribution in [0, 0.1) is 0 Å². The number of halogens is 2. The van der Waals surface area contributed by atoms with Crippen molar-refractivity contribution in [2.45, 2.75) is 9.92 Å². The van der Waals surface area contributed by atoms with Gasteiger partial charge in [0, 0.05) is 46.8 Å². The fraction of sp³-hybridized carbons (Fsp3) is 0.200. The van der Waals surface area contributed by atoms with Crippen LogP contribution in [0.4, 0.5) is 17.2 Å². The Balaban J connectivity index is 1.47. The first-order valence-corrected chi connectivity index (χ1v) is 10.5. The molecule has 3 aromatic rings. The van der Waals surface area contributed by atoms with E-state index in [1.165, 1.54) is 11.8 Å². The van der Waals surface area contributed by atoms with Gasteiger partial charge in [0.25, 0.3) is 0 Å². The molecule has 2 N–H and O–H groups in total. The molecule has 5 nitrogen and oxygen atoms in total.